The number of esters is 2. The molecule has 0 aliphatic rings. The highest BCUT2D eigenvalue weighted by atomic mass is 16.6. The molecule has 0 aliphatic heterocycles. The lowest BCUT2D eigenvalue weighted by Crippen LogP contribution is -2.28. The average Bonchev–Trinajstić information content (AvgIpc) is 3.46. The molecule has 0 aliphatic carbocycles. The SMILES string of the molecule is CC/C=C\C/C=C\C/C=C\C/C=C\C/C=C\C/C=C\CCCCCCCCCCCCCCCCCCCCCCC(=O)OC(CO)COC(=O)CCCCCCCCCCCCCC/C=C\C/C=C\C/C=C\CCCCCCC. The largest absolute Gasteiger partial charge is 0.462 e. The van der Waals surface area contributed by atoms with Crippen LogP contribution in [0.1, 0.15) is 335 Å². The number of hydrogen-bond acceptors (Lipinski definition) is 5. The number of hydrogen-bond donors (Lipinski definition) is 1. The molecule has 1 N–H and O–H groups in total. The molecule has 0 radical (unpaired) electrons. The van der Waals surface area contributed by atoms with Gasteiger partial charge in [0.15, 0.2) is 6.10 Å². The Morgan fingerprint density at radius 2 is 0.537 bits per heavy atom. The highest BCUT2D eigenvalue weighted by molar-refractivity contribution is 5.70. The minimum absolute atomic E-state index is 0.0672. The van der Waals surface area contributed by atoms with Gasteiger partial charge in [-0.15, -0.1) is 0 Å². The summed E-state index contributed by atoms with van der Waals surface area (Å²) >= 11 is 0. The summed E-state index contributed by atoms with van der Waals surface area (Å²) in [5.74, 6) is -0.582. The molecule has 1 atom stereocenters. The van der Waals surface area contributed by atoms with E-state index in [4.69, 9.17) is 9.47 Å². The monoisotopic (exact) mass is 1110 g/mol. The molecular weight excluding hydrogens is 981 g/mol. The van der Waals surface area contributed by atoms with Gasteiger partial charge in [0.1, 0.15) is 6.61 Å². The number of ether oxygens (including phenoxy) is 2. The molecular formula is C75H130O5. The lowest BCUT2D eigenvalue weighted by Gasteiger charge is -2.15. The van der Waals surface area contributed by atoms with E-state index in [0.717, 1.165) is 89.9 Å². The molecule has 5 nitrogen and oxygen atoms in total. The Balaban J connectivity index is 3.45. The summed E-state index contributed by atoms with van der Waals surface area (Å²) in [6.45, 7) is 4.04. The molecule has 0 aromatic carbocycles. The zero-order valence-electron chi connectivity index (χ0n) is 52.8. The maximum absolute atomic E-state index is 12.4. The van der Waals surface area contributed by atoms with Crippen LogP contribution in [0.25, 0.3) is 0 Å². The van der Waals surface area contributed by atoms with E-state index in [2.05, 4.69) is 123 Å². The average molecular weight is 1110 g/mol. The third-order valence-electron chi connectivity index (χ3n) is 15.1. The van der Waals surface area contributed by atoms with Gasteiger partial charge in [0.25, 0.3) is 0 Å². The minimum atomic E-state index is -0.778. The molecule has 0 bridgehead atoms. The number of aliphatic hydroxyl groups excluding tert-OH is 1. The van der Waals surface area contributed by atoms with E-state index in [9.17, 15) is 14.7 Å². The zero-order valence-corrected chi connectivity index (χ0v) is 52.8. The first-order chi connectivity index (χ1) is 39.6. The molecule has 0 aromatic rings. The van der Waals surface area contributed by atoms with Crippen molar-refractivity contribution in [3.8, 4) is 0 Å². The van der Waals surface area contributed by atoms with Crippen molar-refractivity contribution in [1.82, 2.24) is 0 Å². The van der Waals surface area contributed by atoms with Crippen molar-refractivity contribution in [2.24, 2.45) is 0 Å². The highest BCUT2D eigenvalue weighted by Crippen LogP contribution is 2.17. The van der Waals surface area contributed by atoms with Gasteiger partial charge in [0.05, 0.1) is 6.61 Å². The first-order valence-corrected chi connectivity index (χ1v) is 34.4. The van der Waals surface area contributed by atoms with Gasteiger partial charge in [0.2, 0.25) is 0 Å². The number of allylic oxidation sites excluding steroid dienone is 18. The maximum Gasteiger partial charge on any atom is 0.306 e. The van der Waals surface area contributed by atoms with Crippen LogP contribution in [0.3, 0.4) is 0 Å². The van der Waals surface area contributed by atoms with E-state index in [1.807, 2.05) is 0 Å². The summed E-state index contributed by atoms with van der Waals surface area (Å²) in [5.41, 5.74) is 0. The zero-order chi connectivity index (χ0) is 57.6. The summed E-state index contributed by atoms with van der Waals surface area (Å²) < 4.78 is 10.8. The van der Waals surface area contributed by atoms with Gasteiger partial charge in [-0.05, 0) is 103 Å². The van der Waals surface area contributed by atoms with Gasteiger partial charge in [-0.25, -0.2) is 0 Å². The lowest BCUT2D eigenvalue weighted by molar-refractivity contribution is -0.161. The van der Waals surface area contributed by atoms with Crippen LogP contribution in [-0.2, 0) is 19.1 Å². The molecule has 0 saturated heterocycles. The molecule has 0 aromatic heterocycles. The summed E-state index contributed by atoms with van der Waals surface area (Å²) in [4.78, 5) is 24.6. The molecule has 80 heavy (non-hydrogen) atoms. The van der Waals surface area contributed by atoms with E-state index in [1.54, 1.807) is 0 Å². The van der Waals surface area contributed by atoms with Gasteiger partial charge < -0.3 is 14.6 Å². The van der Waals surface area contributed by atoms with Crippen LogP contribution in [0, 0.1) is 0 Å². The summed E-state index contributed by atoms with van der Waals surface area (Å²) in [5, 5.41) is 9.70. The Bertz CT molecular complexity index is 1540. The molecule has 0 spiro atoms. The fraction of sp³-hybridized carbons (Fsp3) is 0.733. The van der Waals surface area contributed by atoms with Crippen LogP contribution >= 0.6 is 0 Å². The van der Waals surface area contributed by atoms with E-state index in [1.165, 1.54) is 218 Å². The topological polar surface area (TPSA) is 72.8 Å². The predicted octanol–water partition coefficient (Wildman–Crippen LogP) is 24.0. The van der Waals surface area contributed by atoms with E-state index < -0.39 is 6.10 Å². The molecule has 460 valence electrons. The quantitative estimate of drug-likeness (QED) is 0.0373. The third-order valence-corrected chi connectivity index (χ3v) is 15.1. The van der Waals surface area contributed by atoms with Gasteiger partial charge in [-0.2, -0.15) is 0 Å². The van der Waals surface area contributed by atoms with Gasteiger partial charge >= 0.3 is 11.9 Å². The second-order valence-corrected chi connectivity index (χ2v) is 22.9. The summed E-state index contributed by atoms with van der Waals surface area (Å²) in [6, 6.07) is 0. The maximum atomic E-state index is 12.4. The van der Waals surface area contributed by atoms with Crippen LogP contribution < -0.4 is 0 Å². The normalized spacial score (nSPS) is 12.9. The van der Waals surface area contributed by atoms with E-state index >= 15 is 0 Å². The predicted molar refractivity (Wildman–Crippen MR) is 352 cm³/mol. The second kappa shape index (κ2) is 69.8. The summed E-state index contributed by atoms with van der Waals surface area (Å²) in [6.07, 6.45) is 101. The second-order valence-electron chi connectivity index (χ2n) is 22.9. The van der Waals surface area contributed by atoms with Crippen LogP contribution in [0.5, 0.6) is 0 Å². The van der Waals surface area contributed by atoms with Crippen molar-refractivity contribution in [2.75, 3.05) is 13.2 Å². The lowest BCUT2D eigenvalue weighted by atomic mass is 10.0. The van der Waals surface area contributed by atoms with Gasteiger partial charge in [0, 0.05) is 12.8 Å². The first kappa shape index (κ1) is 76.6. The van der Waals surface area contributed by atoms with Crippen molar-refractivity contribution in [2.45, 2.75) is 341 Å². The highest BCUT2D eigenvalue weighted by Gasteiger charge is 2.16. The third kappa shape index (κ3) is 67.1. The molecule has 0 heterocycles. The van der Waals surface area contributed by atoms with Crippen molar-refractivity contribution >= 4 is 11.9 Å². The van der Waals surface area contributed by atoms with Gasteiger partial charge in [-0.1, -0.05) is 329 Å². The van der Waals surface area contributed by atoms with Crippen LogP contribution in [-0.4, -0.2) is 36.4 Å². The van der Waals surface area contributed by atoms with E-state index in [-0.39, 0.29) is 25.2 Å². The van der Waals surface area contributed by atoms with Crippen LogP contribution in [0.15, 0.2) is 109 Å². The Hall–Kier alpha value is -3.44. The molecule has 0 amide bonds. The van der Waals surface area contributed by atoms with Crippen molar-refractivity contribution in [3.05, 3.63) is 109 Å². The minimum Gasteiger partial charge on any atom is -0.462 e. The standard InChI is InChI=1S/C75H130O5/c1-3-5-7-9-11-13-15-17-19-21-23-25-27-29-31-32-33-34-35-36-37-38-39-40-41-42-44-46-48-50-52-54-56-58-60-62-64-66-68-70-75(78)80-73(71-76)72-79-74(77)69-67-65-63-61-59-57-55-53-51-49-47-45-43-30-28-26-24-22-20-18-16-14-12-10-8-6-4-2/h5,7,11,13,16-19,22-25,28-31,33-34,73,76H,3-4,6,8-10,12,14-15,20-21,26-27,32,35-72H2,1-2H3/b7-5-,13-11-,18-16-,19-17-,24-22-,25-23-,30-28-,31-29-,34-33-. The fourth-order valence-electron chi connectivity index (χ4n) is 9.92. The summed E-state index contributed by atoms with van der Waals surface area (Å²) in [7, 11) is 0. The van der Waals surface area contributed by atoms with E-state index in [0.29, 0.717) is 12.8 Å². The Labute approximate surface area is 497 Å². The number of carbonyl (C=O) groups is 2. The number of rotatable bonds is 63. The number of unbranched alkanes of at least 4 members (excludes halogenated alkanes) is 37. The molecule has 0 saturated carbocycles. The Morgan fingerprint density at radius 1 is 0.300 bits per heavy atom. The Morgan fingerprint density at radius 3 is 0.812 bits per heavy atom. The molecule has 0 rings (SSSR count). The van der Waals surface area contributed by atoms with Crippen LogP contribution in [0.4, 0.5) is 0 Å². The van der Waals surface area contributed by atoms with Crippen LogP contribution in [0.2, 0.25) is 0 Å². The Kier molecular flexibility index (Phi) is 66.8. The molecule has 5 heteroatoms. The smallest absolute Gasteiger partial charge is 0.306 e. The number of carbonyl (C=O) groups excluding carboxylic acids is 2. The fourth-order valence-corrected chi connectivity index (χ4v) is 9.92. The van der Waals surface area contributed by atoms with Gasteiger partial charge in [-0.3, -0.25) is 9.59 Å². The van der Waals surface area contributed by atoms with Crippen molar-refractivity contribution in [3.63, 3.8) is 0 Å². The first-order valence-electron chi connectivity index (χ1n) is 34.4. The van der Waals surface area contributed by atoms with Crippen molar-refractivity contribution < 1.29 is 24.2 Å². The molecule has 0 fully saturated rings. The molecule has 1 unspecified atom stereocenters. The number of aliphatic hydroxyl groups is 1. The van der Waals surface area contributed by atoms with Crippen molar-refractivity contribution in [1.29, 1.82) is 0 Å².